The highest BCUT2D eigenvalue weighted by atomic mass is 16.5. The average Bonchev–Trinajstić information content (AvgIpc) is 3.06. The van der Waals surface area contributed by atoms with Crippen molar-refractivity contribution in [1.29, 1.82) is 5.26 Å². The van der Waals surface area contributed by atoms with E-state index in [-0.39, 0.29) is 23.9 Å². The maximum atomic E-state index is 12.4. The van der Waals surface area contributed by atoms with Crippen LogP contribution < -0.4 is 10.1 Å². The monoisotopic (exact) mass is 361 g/mol. The highest BCUT2D eigenvalue weighted by Gasteiger charge is 2.16. The number of carbonyl (C=O) groups is 1. The van der Waals surface area contributed by atoms with Gasteiger partial charge in [0.25, 0.3) is 5.91 Å². The Kier molecular flexibility index (Phi) is 5.18. The number of carbonyl (C=O) groups excluding carboxylic acids is 1. The fourth-order valence-electron chi connectivity index (χ4n) is 2.67. The first-order valence-corrected chi connectivity index (χ1v) is 8.39. The molecule has 0 saturated heterocycles. The van der Waals surface area contributed by atoms with Gasteiger partial charge < -0.3 is 10.1 Å². The van der Waals surface area contributed by atoms with Gasteiger partial charge in [-0.15, -0.1) is 0 Å². The Morgan fingerprint density at radius 1 is 1.30 bits per heavy atom. The molecule has 0 spiro atoms. The maximum Gasteiger partial charge on any atom is 0.263 e. The average molecular weight is 361 g/mol. The molecule has 0 unspecified atom stereocenters. The summed E-state index contributed by atoms with van der Waals surface area (Å²) in [6.07, 6.45) is 3.00. The Bertz CT molecular complexity index is 1020. The quantitative estimate of drug-likeness (QED) is 0.754. The van der Waals surface area contributed by atoms with Gasteiger partial charge >= 0.3 is 0 Å². The number of hydrogen-bond acceptors (Lipinski definition) is 5. The predicted octanol–water partition coefficient (Wildman–Crippen LogP) is 3.08. The van der Waals surface area contributed by atoms with E-state index in [1.165, 1.54) is 10.9 Å². The van der Waals surface area contributed by atoms with Crippen molar-refractivity contribution >= 4 is 11.7 Å². The summed E-state index contributed by atoms with van der Waals surface area (Å²) in [5.41, 5.74) is 3.40. The normalized spacial score (nSPS) is 10.3. The number of aryl methyl sites for hydroxylation is 2. The zero-order valence-corrected chi connectivity index (χ0v) is 15.4. The van der Waals surface area contributed by atoms with Gasteiger partial charge in [0.1, 0.15) is 17.4 Å². The first-order valence-electron chi connectivity index (χ1n) is 8.39. The number of anilines is 1. The minimum atomic E-state index is -0.386. The van der Waals surface area contributed by atoms with E-state index in [2.05, 4.69) is 21.5 Å². The van der Waals surface area contributed by atoms with Crippen molar-refractivity contribution in [3.63, 3.8) is 0 Å². The van der Waals surface area contributed by atoms with Gasteiger partial charge in [0, 0.05) is 6.20 Å². The van der Waals surface area contributed by atoms with Crippen LogP contribution in [0.4, 0.5) is 5.82 Å². The number of nitrogens with one attached hydrogen (secondary N) is 1. The number of nitrogens with zero attached hydrogens (tertiary/aromatic N) is 4. The molecule has 3 rings (SSSR count). The summed E-state index contributed by atoms with van der Waals surface area (Å²) in [7, 11) is 0. The van der Waals surface area contributed by atoms with Crippen molar-refractivity contribution in [3.05, 3.63) is 65.0 Å². The van der Waals surface area contributed by atoms with Crippen molar-refractivity contribution in [2.24, 2.45) is 0 Å². The minimum absolute atomic E-state index is 0.179. The molecule has 1 amide bonds. The molecule has 2 aromatic heterocycles. The number of aromatic nitrogens is 3. The molecular weight excluding hydrogens is 342 g/mol. The van der Waals surface area contributed by atoms with Gasteiger partial charge in [-0.25, -0.2) is 4.98 Å². The van der Waals surface area contributed by atoms with Gasteiger partial charge in [0.2, 0.25) is 0 Å². The predicted molar refractivity (Wildman–Crippen MR) is 101 cm³/mol. The van der Waals surface area contributed by atoms with Gasteiger partial charge in [0.15, 0.2) is 18.2 Å². The molecule has 27 heavy (non-hydrogen) atoms. The summed E-state index contributed by atoms with van der Waals surface area (Å²) in [6.45, 7) is 5.75. The summed E-state index contributed by atoms with van der Waals surface area (Å²) in [4.78, 5) is 16.6. The number of amides is 1. The van der Waals surface area contributed by atoms with E-state index in [1.54, 1.807) is 24.4 Å². The van der Waals surface area contributed by atoms with Gasteiger partial charge in [-0.05, 0) is 55.7 Å². The van der Waals surface area contributed by atoms with Gasteiger partial charge in [-0.2, -0.15) is 15.0 Å². The van der Waals surface area contributed by atoms with Gasteiger partial charge in [0.05, 0.1) is 6.20 Å². The number of rotatable bonds is 5. The first kappa shape index (κ1) is 18.1. The summed E-state index contributed by atoms with van der Waals surface area (Å²) in [5, 5.41) is 16.1. The first-order chi connectivity index (χ1) is 13.0. The summed E-state index contributed by atoms with van der Waals surface area (Å²) >= 11 is 0. The van der Waals surface area contributed by atoms with E-state index in [0.29, 0.717) is 11.6 Å². The molecule has 1 N–H and O–H groups in total. The van der Waals surface area contributed by atoms with E-state index >= 15 is 0 Å². The van der Waals surface area contributed by atoms with E-state index in [4.69, 9.17) is 4.74 Å². The molecule has 7 nitrogen and oxygen atoms in total. The van der Waals surface area contributed by atoms with Crippen molar-refractivity contribution in [1.82, 2.24) is 14.8 Å². The molecule has 0 atom stereocenters. The lowest BCUT2D eigenvalue weighted by Crippen LogP contribution is -2.23. The molecule has 0 saturated carbocycles. The second-order valence-electron chi connectivity index (χ2n) is 6.16. The molecule has 136 valence electrons. The Hall–Kier alpha value is -3.66. The standard InChI is InChI=1S/C20H19N5O2/c1-13-8-14(2)15(3)17(9-13)27-12-19(26)24-20-16(10-21)11-23-25(20)18-6-4-5-7-22-18/h4-9,11H,12H2,1-3H3,(H,24,26). The van der Waals surface area contributed by atoms with Gasteiger partial charge in [-0.1, -0.05) is 12.1 Å². The largest absolute Gasteiger partial charge is 0.483 e. The third-order valence-corrected chi connectivity index (χ3v) is 4.14. The molecule has 1 aromatic carbocycles. The summed E-state index contributed by atoms with van der Waals surface area (Å²) in [6, 6.07) is 11.3. The second kappa shape index (κ2) is 7.70. The van der Waals surface area contributed by atoms with Crippen molar-refractivity contribution < 1.29 is 9.53 Å². The third-order valence-electron chi connectivity index (χ3n) is 4.14. The highest BCUT2D eigenvalue weighted by molar-refractivity contribution is 5.92. The molecule has 2 heterocycles. The molecule has 0 aliphatic carbocycles. The van der Waals surface area contributed by atoms with Crippen molar-refractivity contribution in [2.45, 2.75) is 20.8 Å². The third kappa shape index (κ3) is 3.96. The number of benzene rings is 1. The fourth-order valence-corrected chi connectivity index (χ4v) is 2.67. The lowest BCUT2D eigenvalue weighted by Gasteiger charge is -2.13. The van der Waals surface area contributed by atoms with E-state index in [9.17, 15) is 10.1 Å². The number of nitriles is 1. The summed E-state index contributed by atoms with van der Waals surface area (Å²) < 4.78 is 7.10. The van der Waals surface area contributed by atoms with Crippen LogP contribution in [-0.2, 0) is 4.79 Å². The van der Waals surface area contributed by atoms with E-state index in [0.717, 1.165) is 16.7 Å². The second-order valence-corrected chi connectivity index (χ2v) is 6.16. The topological polar surface area (TPSA) is 92.8 Å². The summed E-state index contributed by atoms with van der Waals surface area (Å²) in [5.74, 6) is 1.05. The molecule has 3 aromatic rings. The molecule has 0 aliphatic heterocycles. The number of ether oxygens (including phenoxy) is 1. The van der Waals surface area contributed by atoms with Gasteiger partial charge in [-0.3, -0.25) is 4.79 Å². The molecule has 0 fully saturated rings. The van der Waals surface area contributed by atoms with Crippen LogP contribution in [-0.4, -0.2) is 27.3 Å². The fraction of sp³-hybridized carbons (Fsp3) is 0.200. The lowest BCUT2D eigenvalue weighted by atomic mass is 10.1. The van der Waals surface area contributed by atoms with Crippen LogP contribution in [0.15, 0.2) is 42.7 Å². The smallest absolute Gasteiger partial charge is 0.263 e. The SMILES string of the molecule is Cc1cc(C)c(C)c(OCC(=O)Nc2c(C#N)cnn2-c2ccccn2)c1. The van der Waals surface area contributed by atoms with Crippen LogP contribution in [0.3, 0.4) is 0 Å². The number of hydrogen-bond donors (Lipinski definition) is 1. The van der Waals surface area contributed by atoms with E-state index < -0.39 is 0 Å². The highest BCUT2D eigenvalue weighted by Crippen LogP contribution is 2.23. The molecular formula is C20H19N5O2. The zero-order valence-electron chi connectivity index (χ0n) is 15.4. The molecule has 0 bridgehead atoms. The van der Waals surface area contributed by atoms with Crippen LogP contribution in [0.2, 0.25) is 0 Å². The molecule has 7 heteroatoms. The Morgan fingerprint density at radius 2 is 2.11 bits per heavy atom. The van der Waals surface area contributed by atoms with Crippen LogP contribution >= 0.6 is 0 Å². The zero-order chi connectivity index (χ0) is 19.4. The lowest BCUT2D eigenvalue weighted by molar-refractivity contribution is -0.118. The maximum absolute atomic E-state index is 12.4. The molecule has 0 aliphatic rings. The number of pyridine rings is 1. The minimum Gasteiger partial charge on any atom is -0.483 e. The Labute approximate surface area is 157 Å². The van der Waals surface area contributed by atoms with Crippen molar-refractivity contribution in [2.75, 3.05) is 11.9 Å². The van der Waals surface area contributed by atoms with Crippen LogP contribution in [0.5, 0.6) is 5.75 Å². The van der Waals surface area contributed by atoms with Crippen LogP contribution in [0.25, 0.3) is 5.82 Å². The Balaban J connectivity index is 1.77. The van der Waals surface area contributed by atoms with Crippen LogP contribution in [0, 0.1) is 32.1 Å². The van der Waals surface area contributed by atoms with E-state index in [1.807, 2.05) is 32.9 Å². The Morgan fingerprint density at radius 3 is 2.81 bits per heavy atom. The van der Waals surface area contributed by atoms with Crippen LogP contribution in [0.1, 0.15) is 22.3 Å². The van der Waals surface area contributed by atoms with Crippen molar-refractivity contribution in [3.8, 4) is 17.6 Å². The molecule has 0 radical (unpaired) electrons.